The number of aromatic nitrogens is 3. The number of halogens is 1. The zero-order valence-electron chi connectivity index (χ0n) is 16.6. The Bertz CT molecular complexity index is 1290. The van der Waals surface area contributed by atoms with E-state index in [-0.39, 0.29) is 5.91 Å². The lowest BCUT2D eigenvalue weighted by Gasteiger charge is -2.10. The fourth-order valence-corrected chi connectivity index (χ4v) is 4.34. The van der Waals surface area contributed by atoms with Crippen LogP contribution in [0.3, 0.4) is 0 Å². The van der Waals surface area contributed by atoms with E-state index in [1.165, 1.54) is 11.3 Å². The molecule has 0 saturated carbocycles. The number of benzene rings is 1. The third-order valence-corrected chi connectivity index (χ3v) is 5.97. The number of hydrogen-bond donors (Lipinski definition) is 1. The molecule has 0 bridgehead atoms. The molecule has 1 N–H and O–H groups in total. The van der Waals surface area contributed by atoms with Crippen LogP contribution in [0.4, 0.5) is 5.82 Å². The van der Waals surface area contributed by atoms with Gasteiger partial charge in [0.15, 0.2) is 11.6 Å². The quantitative estimate of drug-likeness (QED) is 0.381. The van der Waals surface area contributed by atoms with Crippen LogP contribution in [0, 0.1) is 18.3 Å². The summed E-state index contributed by atoms with van der Waals surface area (Å²) in [7, 11) is 0. The molecule has 1 aromatic carbocycles. The Kier molecular flexibility index (Phi) is 6.16. The summed E-state index contributed by atoms with van der Waals surface area (Å²) in [6.07, 6.45) is 2.60. The van der Waals surface area contributed by atoms with E-state index in [2.05, 4.69) is 21.5 Å². The van der Waals surface area contributed by atoms with E-state index in [4.69, 9.17) is 21.6 Å². The summed E-state index contributed by atoms with van der Waals surface area (Å²) in [4.78, 5) is 18.5. The van der Waals surface area contributed by atoms with Gasteiger partial charge < -0.3 is 10.1 Å². The first kappa shape index (κ1) is 20.8. The molecule has 31 heavy (non-hydrogen) atoms. The number of fused-ring (bicyclic) bond motifs is 1. The molecule has 3 heterocycles. The van der Waals surface area contributed by atoms with Gasteiger partial charge in [0, 0.05) is 18.0 Å². The van der Waals surface area contributed by atoms with Gasteiger partial charge in [0.05, 0.1) is 34.0 Å². The van der Waals surface area contributed by atoms with E-state index >= 15 is 0 Å². The zero-order chi connectivity index (χ0) is 21.8. The van der Waals surface area contributed by atoms with Crippen LogP contribution in [0.15, 0.2) is 48.7 Å². The summed E-state index contributed by atoms with van der Waals surface area (Å²) >= 11 is 7.68. The fourth-order valence-electron chi connectivity index (χ4n) is 3.05. The third kappa shape index (κ3) is 4.38. The molecule has 0 radical (unpaired) electrons. The van der Waals surface area contributed by atoms with Crippen molar-refractivity contribution in [2.24, 2.45) is 0 Å². The number of pyridine rings is 1. The van der Waals surface area contributed by atoms with Crippen molar-refractivity contribution in [3.8, 4) is 17.5 Å². The van der Waals surface area contributed by atoms with Gasteiger partial charge in [0.2, 0.25) is 0 Å². The Balaban J connectivity index is 1.59. The van der Waals surface area contributed by atoms with Crippen LogP contribution in [0.2, 0.25) is 5.02 Å². The molecule has 4 rings (SSSR count). The lowest BCUT2D eigenvalue weighted by molar-refractivity contribution is 0.102. The van der Waals surface area contributed by atoms with Gasteiger partial charge in [-0.3, -0.25) is 4.79 Å². The highest BCUT2D eigenvalue weighted by Gasteiger charge is 2.19. The maximum atomic E-state index is 12.9. The van der Waals surface area contributed by atoms with Crippen LogP contribution in [-0.2, 0) is 0 Å². The van der Waals surface area contributed by atoms with Crippen molar-refractivity contribution in [3.63, 3.8) is 0 Å². The molecule has 0 aliphatic carbocycles. The third-order valence-electron chi connectivity index (χ3n) is 4.54. The highest BCUT2D eigenvalue weighted by Crippen LogP contribution is 2.33. The molecule has 156 valence electrons. The number of para-hydroxylation sites is 1. The summed E-state index contributed by atoms with van der Waals surface area (Å²) in [6.45, 7) is 2.27. The van der Waals surface area contributed by atoms with Crippen LogP contribution in [0.1, 0.15) is 28.2 Å². The first-order valence-electron chi connectivity index (χ1n) is 9.58. The second-order valence-electron chi connectivity index (χ2n) is 6.69. The van der Waals surface area contributed by atoms with Gasteiger partial charge in [-0.1, -0.05) is 23.7 Å². The molecule has 1 amide bonds. The number of nitrogens with zero attached hydrogens (tertiary/aromatic N) is 4. The Morgan fingerprint density at radius 2 is 2.16 bits per heavy atom. The number of carbonyl (C=O) groups is 1. The number of nitriles is 1. The normalized spacial score (nSPS) is 10.7. The Morgan fingerprint density at radius 3 is 2.97 bits per heavy atom. The predicted octanol–water partition coefficient (Wildman–Crippen LogP) is 5.38. The van der Waals surface area contributed by atoms with Crippen molar-refractivity contribution in [3.05, 3.63) is 64.3 Å². The first-order valence-corrected chi connectivity index (χ1v) is 10.8. The van der Waals surface area contributed by atoms with E-state index in [0.717, 1.165) is 21.6 Å². The topological polar surface area (TPSA) is 92.8 Å². The molecule has 7 nitrogen and oxygen atoms in total. The van der Waals surface area contributed by atoms with E-state index in [0.29, 0.717) is 40.9 Å². The highest BCUT2D eigenvalue weighted by molar-refractivity contribution is 7.20. The number of hydrogen-bond acceptors (Lipinski definition) is 6. The van der Waals surface area contributed by atoms with Crippen molar-refractivity contribution < 1.29 is 9.53 Å². The van der Waals surface area contributed by atoms with E-state index in [1.807, 2.05) is 31.2 Å². The molecule has 0 aliphatic rings. The number of amides is 1. The number of thiophene rings is 1. The number of carbonyl (C=O) groups excluding carboxylic acids is 1. The fraction of sp³-hybridized carbons (Fsp3) is 0.182. The highest BCUT2D eigenvalue weighted by atomic mass is 35.5. The summed E-state index contributed by atoms with van der Waals surface area (Å²) < 4.78 is 7.44. The number of aryl methyl sites for hydroxylation is 1. The number of ether oxygens (including phenoxy) is 1. The number of anilines is 1. The summed E-state index contributed by atoms with van der Waals surface area (Å²) in [5.41, 5.74) is 1.57. The van der Waals surface area contributed by atoms with Gasteiger partial charge in [0.25, 0.3) is 5.91 Å². The summed E-state index contributed by atoms with van der Waals surface area (Å²) in [6, 6.07) is 14.8. The van der Waals surface area contributed by atoms with Crippen LogP contribution in [-0.4, -0.2) is 27.3 Å². The first-order chi connectivity index (χ1) is 15.1. The van der Waals surface area contributed by atoms with Gasteiger partial charge in [-0.15, -0.1) is 11.3 Å². The standard InChI is InChI=1S/C22H18ClN5O2S/c1-14-15-13-19(31-22(15)28(27-14)17-8-3-2-7-16(17)23)21(29)26-20-18(9-6-11-25-20)30-12-5-4-10-24/h2-3,6-9,11,13H,4-5,12H2,1H3,(H,25,26,29). The largest absolute Gasteiger partial charge is 0.490 e. The number of nitrogens with one attached hydrogen (secondary N) is 1. The average Bonchev–Trinajstić information content (AvgIpc) is 3.34. The van der Waals surface area contributed by atoms with Crippen LogP contribution < -0.4 is 10.1 Å². The lowest BCUT2D eigenvalue weighted by atomic mass is 10.3. The molecule has 3 aromatic heterocycles. The second kappa shape index (κ2) is 9.16. The maximum Gasteiger partial charge on any atom is 0.267 e. The van der Waals surface area contributed by atoms with Crippen molar-refractivity contribution in [1.29, 1.82) is 5.26 Å². The molecule has 0 saturated heterocycles. The van der Waals surface area contributed by atoms with Crippen molar-refractivity contribution >= 4 is 44.9 Å². The Morgan fingerprint density at radius 1 is 1.32 bits per heavy atom. The average molecular weight is 452 g/mol. The smallest absolute Gasteiger partial charge is 0.267 e. The maximum absolute atomic E-state index is 12.9. The number of rotatable bonds is 7. The van der Waals surface area contributed by atoms with Gasteiger partial charge >= 0.3 is 0 Å². The minimum absolute atomic E-state index is 0.285. The predicted molar refractivity (Wildman–Crippen MR) is 121 cm³/mol. The molecule has 0 aliphatic heterocycles. The lowest BCUT2D eigenvalue weighted by Crippen LogP contribution is -2.13. The molecule has 4 aromatic rings. The molecule has 0 spiro atoms. The molecule has 0 atom stereocenters. The van der Waals surface area contributed by atoms with Crippen molar-refractivity contribution in [2.75, 3.05) is 11.9 Å². The Labute approximate surface area is 187 Å². The summed E-state index contributed by atoms with van der Waals surface area (Å²) in [5, 5.41) is 17.5. The second-order valence-corrected chi connectivity index (χ2v) is 8.13. The summed E-state index contributed by atoms with van der Waals surface area (Å²) in [5.74, 6) is 0.520. The molecule has 9 heteroatoms. The van der Waals surface area contributed by atoms with E-state index < -0.39 is 0 Å². The van der Waals surface area contributed by atoms with E-state index in [9.17, 15) is 4.79 Å². The van der Waals surface area contributed by atoms with Crippen LogP contribution in [0.5, 0.6) is 5.75 Å². The molecule has 0 unspecified atom stereocenters. The monoisotopic (exact) mass is 451 g/mol. The SMILES string of the molecule is Cc1nn(-c2ccccc2Cl)c2sc(C(=O)Nc3ncccc3OCCCC#N)cc12. The van der Waals surface area contributed by atoms with Crippen molar-refractivity contribution in [2.45, 2.75) is 19.8 Å². The molecular formula is C22H18ClN5O2S. The van der Waals surface area contributed by atoms with Crippen LogP contribution in [0.25, 0.3) is 15.9 Å². The minimum Gasteiger partial charge on any atom is -0.490 e. The minimum atomic E-state index is -0.285. The zero-order valence-corrected chi connectivity index (χ0v) is 18.2. The molecule has 0 fully saturated rings. The van der Waals surface area contributed by atoms with Crippen molar-refractivity contribution in [1.82, 2.24) is 14.8 Å². The van der Waals surface area contributed by atoms with Gasteiger partial charge in [0.1, 0.15) is 4.83 Å². The number of unbranched alkanes of at least 4 members (excludes halogenated alkanes) is 1. The van der Waals surface area contributed by atoms with Gasteiger partial charge in [-0.2, -0.15) is 10.4 Å². The Hall–Kier alpha value is -3.41. The van der Waals surface area contributed by atoms with E-state index in [1.54, 1.807) is 29.1 Å². The van der Waals surface area contributed by atoms with Gasteiger partial charge in [-0.25, -0.2) is 9.67 Å². The van der Waals surface area contributed by atoms with Crippen LogP contribution >= 0.6 is 22.9 Å². The molecular weight excluding hydrogens is 434 g/mol. The van der Waals surface area contributed by atoms with Gasteiger partial charge in [-0.05, 0) is 43.7 Å².